The second kappa shape index (κ2) is 5.86. The van der Waals surface area contributed by atoms with Crippen LogP contribution in [0.3, 0.4) is 0 Å². The van der Waals surface area contributed by atoms with Crippen LogP contribution in [0.2, 0.25) is 0 Å². The van der Waals surface area contributed by atoms with Crippen molar-refractivity contribution >= 4 is 24.3 Å². The van der Waals surface area contributed by atoms with E-state index < -0.39 is 0 Å². The van der Waals surface area contributed by atoms with E-state index in [2.05, 4.69) is 117 Å². The lowest BCUT2D eigenvalue weighted by Gasteiger charge is -2.42. The summed E-state index contributed by atoms with van der Waals surface area (Å²) in [6, 6.07) is 28.8. The molecule has 0 bridgehead atoms. The van der Waals surface area contributed by atoms with Crippen LogP contribution in [0, 0.1) is 0 Å². The molecule has 2 unspecified atom stereocenters. The number of hydrogen-bond acceptors (Lipinski definition) is 0. The van der Waals surface area contributed by atoms with Crippen molar-refractivity contribution in [3.63, 3.8) is 0 Å². The van der Waals surface area contributed by atoms with Crippen molar-refractivity contribution in [1.82, 2.24) is 0 Å². The van der Waals surface area contributed by atoms with Gasteiger partial charge in [-0.3, -0.25) is 0 Å². The average molecular weight is 346 g/mol. The van der Waals surface area contributed by atoms with Gasteiger partial charge >= 0.3 is 0 Å². The molecule has 0 saturated heterocycles. The molecule has 2 aliphatic carbocycles. The normalized spacial score (nSPS) is 24.7. The molecule has 0 amide bonds. The Hall–Kier alpha value is -2.80. The molecule has 2 aliphatic rings. The topological polar surface area (TPSA) is 0 Å². The first-order valence-corrected chi connectivity index (χ1v) is 9.75. The molecular weight excluding hydrogens is 323 g/mol. The van der Waals surface area contributed by atoms with Gasteiger partial charge in [0.25, 0.3) is 0 Å². The molecule has 1 heteroatoms. The molecule has 3 aromatic carbocycles. The van der Waals surface area contributed by atoms with Crippen molar-refractivity contribution < 1.29 is 0 Å². The van der Waals surface area contributed by atoms with E-state index in [1.54, 1.807) is 0 Å². The highest BCUT2D eigenvalue weighted by Crippen LogP contribution is 2.47. The van der Waals surface area contributed by atoms with Crippen molar-refractivity contribution in [3.8, 4) is 0 Å². The van der Waals surface area contributed by atoms with Crippen LogP contribution in [0.5, 0.6) is 0 Å². The molecule has 0 radical (unpaired) electrons. The van der Waals surface area contributed by atoms with E-state index in [0.717, 1.165) is 0 Å². The van der Waals surface area contributed by atoms with Crippen molar-refractivity contribution in [2.45, 2.75) is 24.5 Å². The number of rotatable bonds is 3. The van der Waals surface area contributed by atoms with Crippen LogP contribution >= 0.6 is 0 Å². The van der Waals surface area contributed by atoms with Crippen LogP contribution in [0.15, 0.2) is 91.0 Å². The summed E-state index contributed by atoms with van der Waals surface area (Å²) in [4.78, 5) is 0. The predicted molar refractivity (Wildman–Crippen MR) is 117 cm³/mol. The summed E-state index contributed by atoms with van der Waals surface area (Å²) in [5.74, 6) is 0. The Balaban J connectivity index is 1.76. The summed E-state index contributed by atoms with van der Waals surface area (Å²) < 4.78 is 0. The summed E-state index contributed by atoms with van der Waals surface area (Å²) in [6.45, 7) is 5.13. The molecule has 0 nitrogen and oxygen atoms in total. The zero-order chi connectivity index (χ0) is 18.5. The van der Waals surface area contributed by atoms with Crippen LogP contribution in [0.25, 0.3) is 12.2 Å². The first kappa shape index (κ1) is 16.4. The average Bonchev–Trinajstić information content (AvgIpc) is 3.22. The van der Waals surface area contributed by atoms with E-state index in [1.807, 2.05) is 0 Å². The van der Waals surface area contributed by atoms with Crippen LogP contribution in [-0.4, -0.2) is 6.71 Å². The fourth-order valence-corrected chi connectivity index (χ4v) is 5.44. The van der Waals surface area contributed by atoms with Gasteiger partial charge in [0, 0.05) is 0 Å². The van der Waals surface area contributed by atoms with Crippen LogP contribution in [0.1, 0.15) is 36.1 Å². The van der Waals surface area contributed by atoms with Crippen molar-refractivity contribution in [2.24, 2.45) is 0 Å². The van der Waals surface area contributed by atoms with E-state index in [4.69, 9.17) is 0 Å². The van der Waals surface area contributed by atoms with Crippen molar-refractivity contribution in [1.29, 1.82) is 0 Å². The lowest BCUT2D eigenvalue weighted by Crippen LogP contribution is -2.59. The second-order valence-electron chi connectivity index (χ2n) is 8.25. The zero-order valence-corrected chi connectivity index (χ0v) is 15.9. The minimum Gasteiger partial charge on any atom is -0.0805 e. The van der Waals surface area contributed by atoms with E-state index in [0.29, 0.717) is 6.71 Å². The summed E-state index contributed by atoms with van der Waals surface area (Å²) in [7, 11) is 0. The SMILES string of the molecule is CC1(B(c2ccccc2)C2(C)C=Cc3ccccc32)C=Cc2ccccc21. The second-order valence-corrected chi connectivity index (χ2v) is 8.25. The maximum atomic E-state index is 2.43. The minimum absolute atomic E-state index is 0.0610. The van der Waals surface area contributed by atoms with Crippen molar-refractivity contribution in [3.05, 3.63) is 113 Å². The van der Waals surface area contributed by atoms with E-state index in [-0.39, 0.29) is 10.6 Å². The van der Waals surface area contributed by atoms with E-state index in [1.165, 1.54) is 27.7 Å². The molecule has 3 aromatic rings. The Labute approximate surface area is 162 Å². The van der Waals surface area contributed by atoms with Gasteiger partial charge in [0.1, 0.15) is 0 Å². The molecular formula is C26H23B. The molecule has 0 N–H and O–H groups in total. The summed E-state index contributed by atoms with van der Waals surface area (Å²) in [5, 5.41) is -0.122. The van der Waals surface area contributed by atoms with Crippen molar-refractivity contribution in [2.75, 3.05) is 0 Å². The third-order valence-electron chi connectivity index (χ3n) is 6.63. The summed E-state index contributed by atoms with van der Waals surface area (Å²) in [5.41, 5.74) is 6.94. The molecule has 0 aliphatic heterocycles. The fourth-order valence-electron chi connectivity index (χ4n) is 5.44. The molecule has 0 fully saturated rings. The van der Waals surface area contributed by atoms with E-state index in [9.17, 15) is 0 Å². The quantitative estimate of drug-likeness (QED) is 0.554. The van der Waals surface area contributed by atoms with Gasteiger partial charge in [0.05, 0.1) is 0 Å². The number of allylic oxidation sites excluding steroid dienone is 2. The maximum absolute atomic E-state index is 2.43. The van der Waals surface area contributed by atoms with Crippen LogP contribution in [0.4, 0.5) is 0 Å². The van der Waals surface area contributed by atoms with Gasteiger partial charge < -0.3 is 0 Å². The third kappa shape index (κ3) is 2.31. The lowest BCUT2D eigenvalue weighted by atomic mass is 9.19. The molecule has 0 saturated carbocycles. The number of benzene rings is 3. The standard InChI is InChI=1S/C26H23B/c1-25(18-16-20-10-6-8-14-23(20)25)27(22-12-4-3-5-13-22)26(2)19-17-21-11-7-9-15-24(21)26/h3-19H,1-2H3. The van der Waals surface area contributed by atoms with Gasteiger partial charge in [-0.05, 0) is 32.9 Å². The molecule has 0 spiro atoms. The zero-order valence-electron chi connectivity index (χ0n) is 15.9. The summed E-state index contributed by atoms with van der Waals surface area (Å²) >= 11 is 0. The molecule has 5 rings (SSSR count). The monoisotopic (exact) mass is 346 g/mol. The Bertz CT molecular complexity index is 995. The van der Waals surface area contributed by atoms with Crippen LogP contribution < -0.4 is 5.46 Å². The van der Waals surface area contributed by atoms with E-state index >= 15 is 0 Å². The van der Waals surface area contributed by atoms with Gasteiger partial charge in [0.2, 0.25) is 6.71 Å². The van der Waals surface area contributed by atoms with Gasteiger partial charge in [-0.1, -0.05) is 122 Å². The molecule has 0 heterocycles. The molecule has 2 atom stereocenters. The fraction of sp³-hybridized carbons (Fsp3) is 0.154. The maximum Gasteiger partial charge on any atom is 0.205 e. The Morgan fingerprint density at radius 3 is 1.52 bits per heavy atom. The highest BCUT2D eigenvalue weighted by molar-refractivity contribution is 6.80. The van der Waals surface area contributed by atoms with Crippen LogP contribution in [-0.2, 0) is 10.6 Å². The minimum atomic E-state index is -0.0610. The smallest absolute Gasteiger partial charge is 0.0805 e. The van der Waals surface area contributed by atoms with Gasteiger partial charge in [0.15, 0.2) is 0 Å². The molecule has 130 valence electrons. The predicted octanol–water partition coefficient (Wildman–Crippen LogP) is 5.44. The highest BCUT2D eigenvalue weighted by atomic mass is 14.4. The molecule has 27 heavy (non-hydrogen) atoms. The summed E-state index contributed by atoms with van der Waals surface area (Å²) in [6.07, 6.45) is 9.46. The Morgan fingerprint density at radius 1 is 0.556 bits per heavy atom. The van der Waals surface area contributed by atoms with Gasteiger partial charge in [-0.15, -0.1) is 0 Å². The number of fused-ring (bicyclic) bond motifs is 2. The first-order valence-electron chi connectivity index (χ1n) is 9.75. The van der Waals surface area contributed by atoms with Gasteiger partial charge in [-0.25, -0.2) is 0 Å². The third-order valence-corrected chi connectivity index (χ3v) is 6.63. The van der Waals surface area contributed by atoms with Gasteiger partial charge in [-0.2, -0.15) is 0 Å². The largest absolute Gasteiger partial charge is 0.205 e. The Morgan fingerprint density at radius 2 is 1.00 bits per heavy atom. The molecule has 0 aromatic heterocycles. The number of hydrogen-bond donors (Lipinski definition) is 0. The Kier molecular flexibility index (Phi) is 3.55. The highest BCUT2D eigenvalue weighted by Gasteiger charge is 2.52. The lowest BCUT2D eigenvalue weighted by molar-refractivity contribution is 0.753. The first-order chi connectivity index (χ1) is 13.1.